The van der Waals surface area contributed by atoms with E-state index in [0.29, 0.717) is 23.2 Å². The Hall–Kier alpha value is -0.670. The van der Waals surface area contributed by atoms with Crippen LogP contribution in [0, 0.1) is 29.6 Å². The van der Waals surface area contributed by atoms with Crippen LogP contribution in [0.5, 0.6) is 0 Å². The molecule has 4 rings (SSSR count). The van der Waals surface area contributed by atoms with Crippen molar-refractivity contribution in [3.63, 3.8) is 0 Å². The molecule has 3 unspecified atom stereocenters. The standard InChI is InChI=1S/C27H41NS2/c1-17(2)26(11-8-9-23-22(26)10-12-29-23)20(7)13-21-14-24-25(28-16-30-24)27(15-21,18(3)4)19(5)6/h10,12,16-21H,8-9,11,13-15H2,1-7H3. The molecule has 0 amide bonds. The fourth-order valence-corrected chi connectivity index (χ4v) is 9.56. The predicted octanol–water partition coefficient (Wildman–Crippen LogP) is 8.27. The first-order valence-electron chi connectivity index (χ1n) is 12.2. The molecule has 166 valence electrons. The van der Waals surface area contributed by atoms with Crippen LogP contribution < -0.4 is 0 Å². The zero-order valence-electron chi connectivity index (χ0n) is 20.1. The van der Waals surface area contributed by atoms with Gasteiger partial charge in [-0.15, -0.1) is 22.7 Å². The first kappa shape index (κ1) is 22.5. The number of rotatable bonds is 6. The Labute approximate surface area is 192 Å². The van der Waals surface area contributed by atoms with Crippen LogP contribution in [0.15, 0.2) is 17.0 Å². The molecule has 2 heterocycles. The summed E-state index contributed by atoms with van der Waals surface area (Å²) in [5.41, 5.74) is 5.86. The minimum atomic E-state index is 0.239. The highest BCUT2D eigenvalue weighted by Crippen LogP contribution is 2.55. The van der Waals surface area contributed by atoms with Gasteiger partial charge in [0.1, 0.15) is 0 Å². The van der Waals surface area contributed by atoms with Crippen molar-refractivity contribution in [1.29, 1.82) is 0 Å². The number of fused-ring (bicyclic) bond motifs is 2. The molecule has 0 saturated carbocycles. The van der Waals surface area contributed by atoms with Gasteiger partial charge in [0.2, 0.25) is 0 Å². The highest BCUT2D eigenvalue weighted by molar-refractivity contribution is 7.10. The van der Waals surface area contributed by atoms with Crippen molar-refractivity contribution in [1.82, 2.24) is 4.98 Å². The molecule has 1 nitrogen and oxygen atoms in total. The highest BCUT2D eigenvalue weighted by atomic mass is 32.1. The third-order valence-electron chi connectivity index (χ3n) is 9.08. The van der Waals surface area contributed by atoms with E-state index in [-0.39, 0.29) is 5.41 Å². The van der Waals surface area contributed by atoms with Crippen LogP contribution in [0.3, 0.4) is 0 Å². The molecule has 0 saturated heterocycles. The fourth-order valence-electron chi connectivity index (χ4n) is 7.57. The summed E-state index contributed by atoms with van der Waals surface area (Å²) in [5.74, 6) is 3.46. The number of hydrogen-bond acceptors (Lipinski definition) is 3. The average Bonchev–Trinajstić information content (AvgIpc) is 3.35. The molecule has 30 heavy (non-hydrogen) atoms. The topological polar surface area (TPSA) is 12.9 Å². The van der Waals surface area contributed by atoms with E-state index < -0.39 is 0 Å². The Morgan fingerprint density at radius 1 is 0.967 bits per heavy atom. The van der Waals surface area contributed by atoms with Gasteiger partial charge in [0, 0.05) is 20.6 Å². The lowest BCUT2D eigenvalue weighted by molar-refractivity contribution is 0.105. The number of nitrogens with zero attached hydrogens (tertiary/aromatic N) is 1. The molecule has 0 radical (unpaired) electrons. The van der Waals surface area contributed by atoms with Crippen molar-refractivity contribution in [3.05, 3.63) is 38.0 Å². The van der Waals surface area contributed by atoms with Crippen molar-refractivity contribution in [2.75, 3.05) is 0 Å². The molecule has 0 aliphatic heterocycles. The van der Waals surface area contributed by atoms with E-state index in [2.05, 4.69) is 65.4 Å². The molecule has 0 aromatic carbocycles. The lowest BCUT2D eigenvalue weighted by Crippen LogP contribution is -2.46. The molecule has 2 aliphatic carbocycles. The Kier molecular flexibility index (Phi) is 6.27. The maximum Gasteiger partial charge on any atom is 0.0797 e. The van der Waals surface area contributed by atoms with Gasteiger partial charge < -0.3 is 0 Å². The van der Waals surface area contributed by atoms with Gasteiger partial charge in [-0.2, -0.15) is 0 Å². The van der Waals surface area contributed by atoms with Crippen LogP contribution in [0.25, 0.3) is 0 Å². The van der Waals surface area contributed by atoms with Gasteiger partial charge in [-0.1, -0.05) is 48.5 Å². The molecule has 0 spiro atoms. The number of thiazole rings is 1. The maximum atomic E-state index is 4.94. The van der Waals surface area contributed by atoms with E-state index in [1.54, 1.807) is 15.3 Å². The molecule has 3 atom stereocenters. The van der Waals surface area contributed by atoms with Gasteiger partial charge in [-0.3, -0.25) is 0 Å². The zero-order valence-corrected chi connectivity index (χ0v) is 21.8. The number of thiophene rings is 1. The smallest absolute Gasteiger partial charge is 0.0797 e. The maximum absolute atomic E-state index is 4.94. The predicted molar refractivity (Wildman–Crippen MR) is 133 cm³/mol. The summed E-state index contributed by atoms with van der Waals surface area (Å²) in [6.45, 7) is 17.3. The normalized spacial score (nSPS) is 26.8. The molecular weight excluding hydrogens is 402 g/mol. The third kappa shape index (κ3) is 3.34. The minimum absolute atomic E-state index is 0.239. The molecule has 2 aromatic rings. The lowest BCUT2D eigenvalue weighted by atomic mass is 9.54. The Morgan fingerprint density at radius 2 is 1.67 bits per heavy atom. The molecule has 0 N–H and O–H groups in total. The van der Waals surface area contributed by atoms with Crippen LogP contribution in [-0.2, 0) is 23.7 Å². The van der Waals surface area contributed by atoms with Crippen LogP contribution in [0.4, 0.5) is 0 Å². The monoisotopic (exact) mass is 443 g/mol. The fraction of sp³-hybridized carbons (Fsp3) is 0.741. The molecule has 0 fully saturated rings. The van der Waals surface area contributed by atoms with Crippen molar-refractivity contribution >= 4 is 22.7 Å². The van der Waals surface area contributed by atoms with E-state index >= 15 is 0 Å². The first-order valence-corrected chi connectivity index (χ1v) is 14.0. The summed E-state index contributed by atoms with van der Waals surface area (Å²) in [6.07, 6.45) is 7.94. The van der Waals surface area contributed by atoms with Gasteiger partial charge in [0.05, 0.1) is 11.2 Å². The second-order valence-electron chi connectivity index (χ2n) is 11.2. The Bertz CT molecular complexity index is 850. The molecular formula is C27H41NS2. The van der Waals surface area contributed by atoms with Crippen LogP contribution in [0.1, 0.15) is 95.2 Å². The van der Waals surface area contributed by atoms with Gasteiger partial charge in [-0.25, -0.2) is 4.98 Å². The van der Waals surface area contributed by atoms with Gasteiger partial charge in [0.25, 0.3) is 0 Å². The summed E-state index contributed by atoms with van der Waals surface area (Å²) in [7, 11) is 0. The summed E-state index contributed by atoms with van der Waals surface area (Å²) in [6, 6.07) is 2.48. The van der Waals surface area contributed by atoms with Crippen LogP contribution in [0.2, 0.25) is 0 Å². The second kappa shape index (κ2) is 8.35. The molecule has 3 heteroatoms. The Balaban J connectivity index is 1.67. The highest BCUT2D eigenvalue weighted by Gasteiger charge is 2.49. The molecule has 2 aliphatic rings. The van der Waals surface area contributed by atoms with Gasteiger partial charge in [-0.05, 0) is 85.1 Å². The second-order valence-corrected chi connectivity index (χ2v) is 13.1. The van der Waals surface area contributed by atoms with Crippen molar-refractivity contribution in [3.8, 4) is 0 Å². The SMILES string of the molecule is CC(C)C1(C(C)C)CC(CC(C)C2(C(C)C)CCCc3sccc32)Cc2scnc21. The average molecular weight is 444 g/mol. The summed E-state index contributed by atoms with van der Waals surface area (Å²) >= 11 is 3.92. The van der Waals surface area contributed by atoms with Crippen LogP contribution >= 0.6 is 22.7 Å². The Morgan fingerprint density at radius 3 is 2.33 bits per heavy atom. The van der Waals surface area contributed by atoms with E-state index in [9.17, 15) is 0 Å². The van der Waals surface area contributed by atoms with Crippen molar-refractivity contribution < 1.29 is 0 Å². The summed E-state index contributed by atoms with van der Waals surface area (Å²) in [4.78, 5) is 8.20. The number of hydrogen-bond donors (Lipinski definition) is 0. The van der Waals surface area contributed by atoms with E-state index in [1.807, 2.05) is 22.7 Å². The van der Waals surface area contributed by atoms with Crippen LogP contribution in [-0.4, -0.2) is 4.98 Å². The van der Waals surface area contributed by atoms with Gasteiger partial charge in [0.15, 0.2) is 0 Å². The third-order valence-corrected chi connectivity index (χ3v) is 10.9. The van der Waals surface area contributed by atoms with E-state index in [0.717, 1.165) is 11.8 Å². The van der Waals surface area contributed by atoms with Crippen molar-refractivity contribution in [2.45, 2.75) is 97.8 Å². The summed E-state index contributed by atoms with van der Waals surface area (Å²) in [5, 5.41) is 2.35. The zero-order chi connectivity index (χ0) is 21.7. The minimum Gasteiger partial charge on any atom is -0.249 e. The molecule has 0 bridgehead atoms. The number of aryl methyl sites for hydroxylation is 1. The van der Waals surface area contributed by atoms with E-state index in [1.165, 1.54) is 44.2 Å². The lowest BCUT2D eigenvalue weighted by Gasteiger charge is -2.50. The summed E-state index contributed by atoms with van der Waals surface area (Å²) < 4.78 is 0. The quantitative estimate of drug-likeness (QED) is 0.438. The number of aromatic nitrogens is 1. The first-order chi connectivity index (χ1) is 14.2. The van der Waals surface area contributed by atoms with E-state index in [4.69, 9.17) is 4.98 Å². The largest absolute Gasteiger partial charge is 0.249 e. The molecule has 2 aromatic heterocycles. The van der Waals surface area contributed by atoms with Crippen molar-refractivity contribution in [2.24, 2.45) is 29.6 Å². The van der Waals surface area contributed by atoms with Gasteiger partial charge >= 0.3 is 0 Å².